The van der Waals surface area contributed by atoms with Crippen molar-refractivity contribution in [2.75, 3.05) is 24.7 Å². The molecule has 2 aromatic carbocycles. The van der Waals surface area contributed by atoms with E-state index in [0.29, 0.717) is 11.3 Å². The summed E-state index contributed by atoms with van der Waals surface area (Å²) in [5.74, 6) is -0.762. The lowest BCUT2D eigenvalue weighted by Crippen LogP contribution is -2.30. The van der Waals surface area contributed by atoms with Crippen LogP contribution in [0.15, 0.2) is 45.8 Å². The first-order valence-electron chi connectivity index (χ1n) is 8.44. The van der Waals surface area contributed by atoms with Crippen LogP contribution in [-0.4, -0.2) is 37.2 Å². The highest BCUT2D eigenvalue weighted by molar-refractivity contribution is 9.10. The molecule has 0 bridgehead atoms. The van der Waals surface area contributed by atoms with Crippen molar-refractivity contribution in [2.24, 2.45) is 0 Å². The fraction of sp³-hybridized carbons (Fsp3) is 0.250. The average Bonchev–Trinajstić information content (AvgIpc) is 2.68. The number of methoxy groups -OCH3 is 1. The monoisotopic (exact) mass is 464 g/mol. The van der Waals surface area contributed by atoms with Crippen LogP contribution in [0.4, 0.5) is 5.69 Å². The van der Waals surface area contributed by atoms with Crippen LogP contribution >= 0.6 is 27.7 Å². The third kappa shape index (κ3) is 6.38. The Kier molecular flexibility index (Phi) is 8.07. The lowest BCUT2D eigenvalue weighted by molar-refractivity contribution is -0.139. The molecule has 0 spiro atoms. The minimum Gasteiger partial charge on any atom is -0.468 e. The maximum atomic E-state index is 12.2. The first kappa shape index (κ1) is 22.0. The Hall–Kier alpha value is -2.32. The number of hydrogen-bond acceptors (Lipinski definition) is 5. The van der Waals surface area contributed by atoms with Gasteiger partial charge in [0.25, 0.3) is 5.91 Å². The number of halogens is 1. The average molecular weight is 465 g/mol. The van der Waals surface area contributed by atoms with E-state index in [1.807, 2.05) is 19.9 Å². The van der Waals surface area contributed by atoms with Crippen molar-refractivity contribution in [3.8, 4) is 0 Å². The van der Waals surface area contributed by atoms with Gasteiger partial charge in [0, 0.05) is 20.6 Å². The maximum Gasteiger partial charge on any atom is 0.325 e. The molecule has 0 radical (unpaired) electrons. The largest absolute Gasteiger partial charge is 0.468 e. The lowest BCUT2D eigenvalue weighted by Gasteiger charge is -2.10. The third-order valence-electron chi connectivity index (χ3n) is 3.87. The van der Waals surface area contributed by atoms with Crippen molar-refractivity contribution in [3.05, 3.63) is 57.6 Å². The van der Waals surface area contributed by atoms with E-state index in [2.05, 4.69) is 37.4 Å². The zero-order chi connectivity index (χ0) is 20.7. The highest BCUT2D eigenvalue weighted by atomic mass is 79.9. The van der Waals surface area contributed by atoms with Crippen LogP contribution in [0.25, 0.3) is 0 Å². The van der Waals surface area contributed by atoms with Gasteiger partial charge in [-0.3, -0.25) is 14.4 Å². The van der Waals surface area contributed by atoms with Gasteiger partial charge in [0.15, 0.2) is 0 Å². The fourth-order valence-corrected chi connectivity index (χ4v) is 3.65. The molecule has 2 rings (SSSR count). The minimum atomic E-state index is -0.522. The van der Waals surface area contributed by atoms with Crippen LogP contribution in [0.1, 0.15) is 21.5 Å². The molecule has 0 unspecified atom stereocenters. The van der Waals surface area contributed by atoms with Gasteiger partial charge in [-0.1, -0.05) is 15.9 Å². The first-order valence-corrected chi connectivity index (χ1v) is 10.2. The van der Waals surface area contributed by atoms with Crippen molar-refractivity contribution in [1.29, 1.82) is 0 Å². The summed E-state index contributed by atoms with van der Waals surface area (Å²) in [6.07, 6.45) is 0. The van der Waals surface area contributed by atoms with Crippen molar-refractivity contribution in [1.82, 2.24) is 5.32 Å². The maximum absolute atomic E-state index is 12.2. The lowest BCUT2D eigenvalue weighted by atomic mass is 10.2. The molecule has 2 amide bonds. The molecular formula is C20H21BrN2O4S. The summed E-state index contributed by atoms with van der Waals surface area (Å²) in [6.45, 7) is 3.82. The van der Waals surface area contributed by atoms with Gasteiger partial charge < -0.3 is 15.4 Å². The minimum absolute atomic E-state index is 0.132. The van der Waals surface area contributed by atoms with Crippen LogP contribution in [0.5, 0.6) is 0 Å². The summed E-state index contributed by atoms with van der Waals surface area (Å²) in [5, 5.41) is 5.26. The molecule has 2 aromatic rings. The number of aryl methyl sites for hydroxylation is 2. The number of nitrogens with one attached hydrogen (secondary N) is 2. The molecule has 0 atom stereocenters. The number of rotatable bonds is 7. The zero-order valence-corrected chi connectivity index (χ0v) is 18.2. The Bertz CT molecular complexity index is 885. The zero-order valence-electron chi connectivity index (χ0n) is 15.8. The first-order chi connectivity index (χ1) is 13.3. The van der Waals surface area contributed by atoms with E-state index >= 15 is 0 Å². The molecular weight excluding hydrogens is 444 g/mol. The molecule has 0 aromatic heterocycles. The van der Waals surface area contributed by atoms with Crippen LogP contribution in [0.2, 0.25) is 0 Å². The summed E-state index contributed by atoms with van der Waals surface area (Å²) in [7, 11) is 1.25. The molecule has 148 valence electrons. The van der Waals surface area contributed by atoms with Crippen molar-refractivity contribution >= 4 is 51.2 Å². The van der Waals surface area contributed by atoms with Crippen LogP contribution in [-0.2, 0) is 14.3 Å². The predicted molar refractivity (Wildman–Crippen MR) is 114 cm³/mol. The van der Waals surface area contributed by atoms with Crippen molar-refractivity contribution in [2.45, 2.75) is 18.7 Å². The van der Waals surface area contributed by atoms with E-state index < -0.39 is 5.97 Å². The summed E-state index contributed by atoms with van der Waals surface area (Å²) >= 11 is 4.98. The highest BCUT2D eigenvalue weighted by Gasteiger charge is 2.10. The molecule has 0 heterocycles. The number of ether oxygens (including phenoxy) is 1. The quantitative estimate of drug-likeness (QED) is 0.481. The van der Waals surface area contributed by atoms with Gasteiger partial charge in [-0.15, -0.1) is 11.8 Å². The molecule has 0 saturated carbocycles. The number of benzene rings is 2. The smallest absolute Gasteiger partial charge is 0.325 e. The van der Waals surface area contributed by atoms with E-state index in [-0.39, 0.29) is 24.1 Å². The van der Waals surface area contributed by atoms with E-state index in [1.54, 1.807) is 24.3 Å². The van der Waals surface area contributed by atoms with Crippen LogP contribution in [0.3, 0.4) is 0 Å². The molecule has 6 nitrogen and oxygen atoms in total. The topological polar surface area (TPSA) is 84.5 Å². The van der Waals surface area contributed by atoms with Gasteiger partial charge in [0.1, 0.15) is 6.54 Å². The second-order valence-electron chi connectivity index (χ2n) is 6.04. The van der Waals surface area contributed by atoms with E-state index in [1.165, 1.54) is 18.9 Å². The second-order valence-corrected chi connectivity index (χ2v) is 7.91. The summed E-state index contributed by atoms with van der Waals surface area (Å²) in [5.41, 5.74) is 3.21. The molecule has 8 heteroatoms. The number of esters is 1. The highest BCUT2D eigenvalue weighted by Crippen LogP contribution is 2.28. The van der Waals surface area contributed by atoms with Gasteiger partial charge in [-0.25, -0.2) is 0 Å². The molecule has 28 heavy (non-hydrogen) atoms. The van der Waals surface area contributed by atoms with Crippen LogP contribution < -0.4 is 10.6 Å². The molecule has 0 aliphatic heterocycles. The normalized spacial score (nSPS) is 10.3. The Morgan fingerprint density at radius 1 is 1.07 bits per heavy atom. The summed E-state index contributed by atoms with van der Waals surface area (Å²) < 4.78 is 5.52. The number of carbonyl (C=O) groups is 3. The van der Waals surface area contributed by atoms with E-state index in [9.17, 15) is 14.4 Å². The molecule has 2 N–H and O–H groups in total. The second kappa shape index (κ2) is 10.3. The molecule has 0 fully saturated rings. The predicted octanol–water partition coefficient (Wildman–Crippen LogP) is 3.70. The number of carbonyl (C=O) groups excluding carboxylic acids is 3. The standard InChI is InChI=1S/C20H21BrN2O4S/c1-12-9-17(13(2)8-16(12)21)28-11-18(24)23-15-6-4-14(5-7-15)20(26)22-10-19(25)27-3/h4-9H,10-11H2,1-3H3,(H,22,26)(H,23,24). The number of amides is 2. The Morgan fingerprint density at radius 3 is 2.39 bits per heavy atom. The summed E-state index contributed by atoms with van der Waals surface area (Å²) in [4.78, 5) is 36.3. The summed E-state index contributed by atoms with van der Waals surface area (Å²) in [6, 6.07) is 10.5. The van der Waals surface area contributed by atoms with Gasteiger partial charge >= 0.3 is 5.97 Å². The molecule has 0 saturated heterocycles. The Labute approximate surface area is 176 Å². The van der Waals surface area contributed by atoms with Crippen molar-refractivity contribution in [3.63, 3.8) is 0 Å². The van der Waals surface area contributed by atoms with Crippen LogP contribution in [0, 0.1) is 13.8 Å². The fourth-order valence-electron chi connectivity index (χ4n) is 2.28. The van der Waals surface area contributed by atoms with E-state index in [4.69, 9.17) is 0 Å². The van der Waals surface area contributed by atoms with Crippen molar-refractivity contribution < 1.29 is 19.1 Å². The van der Waals surface area contributed by atoms with Gasteiger partial charge in [0.05, 0.1) is 12.9 Å². The number of anilines is 1. The van der Waals surface area contributed by atoms with Gasteiger partial charge in [0.2, 0.25) is 5.91 Å². The number of thioether (sulfide) groups is 1. The molecule has 0 aliphatic rings. The van der Waals surface area contributed by atoms with Gasteiger partial charge in [-0.2, -0.15) is 0 Å². The van der Waals surface area contributed by atoms with E-state index in [0.717, 1.165) is 20.5 Å². The number of hydrogen-bond donors (Lipinski definition) is 2. The Morgan fingerprint density at radius 2 is 1.75 bits per heavy atom. The van der Waals surface area contributed by atoms with Gasteiger partial charge in [-0.05, 0) is 61.4 Å². The Balaban J connectivity index is 1.88. The molecule has 0 aliphatic carbocycles. The third-order valence-corrected chi connectivity index (χ3v) is 5.88. The SMILES string of the molecule is COC(=O)CNC(=O)c1ccc(NC(=O)CSc2cc(C)c(Br)cc2C)cc1.